The van der Waals surface area contributed by atoms with Gasteiger partial charge in [-0.1, -0.05) is 29.8 Å². The second kappa shape index (κ2) is 8.94. The van der Waals surface area contributed by atoms with E-state index in [1.165, 1.54) is 17.2 Å². The molecule has 2 heterocycles. The molecule has 162 valence electrons. The summed E-state index contributed by atoms with van der Waals surface area (Å²) >= 11 is 0. The van der Waals surface area contributed by atoms with Crippen LogP contribution in [-0.2, 0) is 17.8 Å². The number of hydrogen-bond acceptors (Lipinski definition) is 5. The van der Waals surface area contributed by atoms with E-state index in [9.17, 15) is 9.59 Å². The normalized spacial score (nSPS) is 16.4. The van der Waals surface area contributed by atoms with Crippen molar-refractivity contribution in [3.8, 4) is 5.75 Å². The standard InChI is InChI=1S/C25H28N2O4/c1-16-5-7-22-20(10-16)15-27(14-18(3)30-22)9-8-26-24(28)12-19-13-25(29)31-23-11-17(2)4-6-21(19)23/h4-7,10-11,13,18H,8-9,12,14-15H2,1-3H3,(H,26,28). The predicted octanol–water partition coefficient (Wildman–Crippen LogP) is 3.35. The van der Waals surface area contributed by atoms with Gasteiger partial charge in [-0.3, -0.25) is 9.69 Å². The molecule has 3 aromatic rings. The Morgan fingerprint density at radius 3 is 2.74 bits per heavy atom. The largest absolute Gasteiger partial charge is 0.489 e. The van der Waals surface area contributed by atoms with Crippen LogP contribution < -0.4 is 15.7 Å². The lowest BCUT2D eigenvalue weighted by molar-refractivity contribution is -0.120. The highest BCUT2D eigenvalue weighted by Gasteiger charge is 2.20. The highest BCUT2D eigenvalue weighted by atomic mass is 16.5. The van der Waals surface area contributed by atoms with Crippen LogP contribution in [0.25, 0.3) is 11.0 Å². The Labute approximate surface area is 181 Å². The van der Waals surface area contributed by atoms with Crippen LogP contribution in [-0.4, -0.2) is 36.5 Å². The summed E-state index contributed by atoms with van der Waals surface area (Å²) in [6.07, 6.45) is 0.227. The summed E-state index contributed by atoms with van der Waals surface area (Å²) in [6.45, 7) is 8.93. The number of aryl methyl sites for hydroxylation is 2. The molecule has 6 nitrogen and oxygen atoms in total. The molecule has 31 heavy (non-hydrogen) atoms. The molecule has 1 unspecified atom stereocenters. The molecule has 0 bridgehead atoms. The molecule has 0 saturated carbocycles. The molecule has 0 fully saturated rings. The van der Waals surface area contributed by atoms with Crippen molar-refractivity contribution in [1.82, 2.24) is 10.2 Å². The molecular weight excluding hydrogens is 392 g/mol. The lowest BCUT2D eigenvalue weighted by Gasteiger charge is -2.22. The van der Waals surface area contributed by atoms with E-state index in [0.29, 0.717) is 17.7 Å². The Hall–Kier alpha value is -3.12. The Morgan fingerprint density at radius 1 is 1.13 bits per heavy atom. The quantitative estimate of drug-likeness (QED) is 0.641. The second-order valence-electron chi connectivity index (χ2n) is 8.39. The first-order valence-corrected chi connectivity index (χ1v) is 10.7. The molecule has 1 amide bonds. The fourth-order valence-electron chi connectivity index (χ4n) is 4.11. The van der Waals surface area contributed by atoms with Gasteiger partial charge >= 0.3 is 5.63 Å². The summed E-state index contributed by atoms with van der Waals surface area (Å²) in [6, 6.07) is 13.3. The van der Waals surface area contributed by atoms with Gasteiger partial charge in [-0.15, -0.1) is 0 Å². The number of rotatable bonds is 5. The molecular formula is C25H28N2O4. The van der Waals surface area contributed by atoms with Crippen LogP contribution in [0.1, 0.15) is 29.2 Å². The molecule has 6 heteroatoms. The van der Waals surface area contributed by atoms with Crippen LogP contribution >= 0.6 is 0 Å². The van der Waals surface area contributed by atoms with E-state index < -0.39 is 5.63 Å². The SMILES string of the molecule is Cc1ccc2c(c1)CN(CCNC(=O)Cc1cc(=O)oc3cc(C)ccc13)CC(C)O2. The molecule has 1 aliphatic heterocycles. The minimum atomic E-state index is -0.437. The predicted molar refractivity (Wildman–Crippen MR) is 120 cm³/mol. The average Bonchev–Trinajstić information content (AvgIpc) is 2.84. The van der Waals surface area contributed by atoms with Gasteiger partial charge in [0.05, 0.1) is 6.42 Å². The number of hydrogen-bond donors (Lipinski definition) is 1. The lowest BCUT2D eigenvalue weighted by atomic mass is 10.1. The van der Waals surface area contributed by atoms with Crippen LogP contribution in [0, 0.1) is 13.8 Å². The molecule has 2 aromatic carbocycles. The maximum atomic E-state index is 12.6. The van der Waals surface area contributed by atoms with E-state index >= 15 is 0 Å². The van der Waals surface area contributed by atoms with Crippen LogP contribution in [0.2, 0.25) is 0 Å². The third-order valence-electron chi connectivity index (χ3n) is 5.54. The zero-order valence-electron chi connectivity index (χ0n) is 18.2. The third kappa shape index (κ3) is 5.14. The Morgan fingerprint density at radius 2 is 1.90 bits per heavy atom. The van der Waals surface area contributed by atoms with Crippen molar-refractivity contribution in [3.05, 3.63) is 75.1 Å². The van der Waals surface area contributed by atoms with Crippen LogP contribution in [0.3, 0.4) is 0 Å². The van der Waals surface area contributed by atoms with E-state index in [1.54, 1.807) is 0 Å². The van der Waals surface area contributed by atoms with E-state index in [1.807, 2.05) is 31.2 Å². The molecule has 0 aliphatic carbocycles. The van der Waals surface area contributed by atoms with Crippen LogP contribution in [0.15, 0.2) is 51.7 Å². The van der Waals surface area contributed by atoms with Gasteiger partial charge in [0.15, 0.2) is 0 Å². The van der Waals surface area contributed by atoms with Crippen molar-refractivity contribution < 1.29 is 13.9 Å². The lowest BCUT2D eigenvalue weighted by Crippen LogP contribution is -2.38. The second-order valence-corrected chi connectivity index (χ2v) is 8.39. The smallest absolute Gasteiger partial charge is 0.336 e. The number of amides is 1. The number of nitrogens with zero attached hydrogens (tertiary/aromatic N) is 1. The molecule has 1 aliphatic rings. The fraction of sp³-hybridized carbons (Fsp3) is 0.360. The van der Waals surface area contributed by atoms with Gasteiger partial charge in [-0.2, -0.15) is 0 Å². The molecule has 0 radical (unpaired) electrons. The monoisotopic (exact) mass is 420 g/mol. The Kier molecular flexibility index (Phi) is 6.09. The van der Waals surface area contributed by atoms with Crippen molar-refractivity contribution in [2.24, 2.45) is 0 Å². The van der Waals surface area contributed by atoms with Gasteiger partial charge in [-0.05, 0) is 44.0 Å². The van der Waals surface area contributed by atoms with Gasteiger partial charge in [0.2, 0.25) is 5.91 Å². The van der Waals surface area contributed by atoms with E-state index in [0.717, 1.165) is 36.3 Å². The molecule has 1 aromatic heterocycles. The zero-order valence-corrected chi connectivity index (χ0v) is 18.2. The molecule has 0 spiro atoms. The highest BCUT2D eigenvalue weighted by molar-refractivity contribution is 5.87. The topological polar surface area (TPSA) is 71.8 Å². The molecule has 1 atom stereocenters. The number of carbonyl (C=O) groups excluding carboxylic acids is 1. The first-order valence-electron chi connectivity index (χ1n) is 10.7. The Bertz CT molecular complexity index is 1170. The Balaban J connectivity index is 1.37. The number of nitrogens with one attached hydrogen (secondary N) is 1. The van der Waals surface area contributed by atoms with Crippen molar-refractivity contribution in [3.63, 3.8) is 0 Å². The number of ether oxygens (including phenoxy) is 1. The van der Waals surface area contributed by atoms with Gasteiger partial charge in [-0.25, -0.2) is 4.79 Å². The fourth-order valence-corrected chi connectivity index (χ4v) is 4.11. The summed E-state index contributed by atoms with van der Waals surface area (Å²) in [5, 5.41) is 3.79. The van der Waals surface area contributed by atoms with Crippen molar-refractivity contribution >= 4 is 16.9 Å². The zero-order chi connectivity index (χ0) is 22.0. The first-order chi connectivity index (χ1) is 14.9. The van der Waals surface area contributed by atoms with Gasteiger partial charge in [0.25, 0.3) is 0 Å². The number of benzene rings is 2. The summed E-state index contributed by atoms with van der Waals surface area (Å²) in [4.78, 5) is 26.8. The molecule has 1 N–H and O–H groups in total. The van der Waals surface area contributed by atoms with Gasteiger partial charge in [0.1, 0.15) is 17.4 Å². The van der Waals surface area contributed by atoms with E-state index in [4.69, 9.17) is 9.15 Å². The third-order valence-corrected chi connectivity index (χ3v) is 5.54. The van der Waals surface area contributed by atoms with E-state index in [-0.39, 0.29) is 18.4 Å². The van der Waals surface area contributed by atoms with Crippen LogP contribution in [0.4, 0.5) is 0 Å². The van der Waals surface area contributed by atoms with Crippen molar-refractivity contribution in [2.75, 3.05) is 19.6 Å². The van der Waals surface area contributed by atoms with Crippen molar-refractivity contribution in [2.45, 2.75) is 39.8 Å². The first kappa shape index (κ1) is 21.1. The number of fused-ring (bicyclic) bond motifs is 2. The summed E-state index contributed by atoms with van der Waals surface area (Å²) in [7, 11) is 0. The summed E-state index contributed by atoms with van der Waals surface area (Å²) < 4.78 is 11.3. The molecule has 4 rings (SSSR count). The van der Waals surface area contributed by atoms with Crippen molar-refractivity contribution in [1.29, 1.82) is 0 Å². The summed E-state index contributed by atoms with van der Waals surface area (Å²) in [5.41, 5.74) is 4.15. The van der Waals surface area contributed by atoms with Gasteiger partial charge in [0, 0.05) is 43.2 Å². The molecule has 0 saturated heterocycles. The van der Waals surface area contributed by atoms with Crippen LogP contribution in [0.5, 0.6) is 5.75 Å². The minimum Gasteiger partial charge on any atom is -0.489 e. The van der Waals surface area contributed by atoms with Gasteiger partial charge < -0.3 is 14.5 Å². The highest BCUT2D eigenvalue weighted by Crippen LogP contribution is 2.26. The van der Waals surface area contributed by atoms with E-state index in [2.05, 4.69) is 36.2 Å². The average molecular weight is 421 g/mol. The maximum Gasteiger partial charge on any atom is 0.336 e. The number of carbonyl (C=O) groups is 1. The maximum absolute atomic E-state index is 12.6. The minimum absolute atomic E-state index is 0.0815. The summed E-state index contributed by atoms with van der Waals surface area (Å²) in [5.74, 6) is 0.831.